The third-order valence-corrected chi connectivity index (χ3v) is 6.74. The van der Waals surface area contributed by atoms with Gasteiger partial charge in [0.2, 0.25) is 11.8 Å². The molecule has 2 amide bonds. The van der Waals surface area contributed by atoms with Crippen LogP contribution in [0.2, 0.25) is 10.0 Å². The molecular formula is C28H23Cl2F3N4O4. The first-order valence-electron chi connectivity index (χ1n) is 12.1. The van der Waals surface area contributed by atoms with Crippen LogP contribution in [-0.4, -0.2) is 29.0 Å². The predicted molar refractivity (Wildman–Crippen MR) is 147 cm³/mol. The first kappa shape index (κ1) is 29.9. The van der Waals surface area contributed by atoms with Gasteiger partial charge in [-0.3, -0.25) is 9.59 Å². The zero-order valence-electron chi connectivity index (χ0n) is 21.9. The lowest BCUT2D eigenvalue weighted by atomic mass is 9.95. The topological polar surface area (TPSA) is 120 Å². The number of primary amides is 1. The van der Waals surface area contributed by atoms with E-state index in [0.717, 1.165) is 12.1 Å². The van der Waals surface area contributed by atoms with E-state index in [1.165, 1.54) is 25.2 Å². The van der Waals surface area contributed by atoms with E-state index in [-0.39, 0.29) is 40.8 Å². The van der Waals surface area contributed by atoms with Gasteiger partial charge in [0.25, 0.3) is 5.91 Å². The van der Waals surface area contributed by atoms with Gasteiger partial charge in [-0.25, -0.2) is 4.98 Å². The molecule has 0 saturated heterocycles. The van der Waals surface area contributed by atoms with E-state index >= 15 is 0 Å². The second-order valence-corrected chi connectivity index (χ2v) is 9.98. The number of nitrogens with one attached hydrogen (secondary N) is 1. The molecule has 4 aromatic rings. The molecule has 0 aliphatic rings. The fourth-order valence-corrected chi connectivity index (χ4v) is 4.78. The van der Waals surface area contributed by atoms with Gasteiger partial charge in [0, 0.05) is 41.3 Å². The van der Waals surface area contributed by atoms with Gasteiger partial charge in [-0.15, -0.1) is 0 Å². The summed E-state index contributed by atoms with van der Waals surface area (Å²) in [4.78, 5) is 27.9. The van der Waals surface area contributed by atoms with Crippen molar-refractivity contribution in [3.8, 4) is 28.3 Å². The summed E-state index contributed by atoms with van der Waals surface area (Å²) in [6.07, 6.45) is -4.96. The maximum Gasteiger partial charge on any atom is 0.434 e. The van der Waals surface area contributed by atoms with Gasteiger partial charge in [-0.1, -0.05) is 48.3 Å². The summed E-state index contributed by atoms with van der Waals surface area (Å²) in [5.41, 5.74) is 4.34. The maximum atomic E-state index is 14.3. The van der Waals surface area contributed by atoms with Crippen LogP contribution in [-0.2, 0) is 12.8 Å². The molecule has 4 rings (SSSR count). The third-order valence-electron chi connectivity index (χ3n) is 6.11. The minimum absolute atomic E-state index is 0.0281. The van der Waals surface area contributed by atoms with Crippen molar-refractivity contribution in [2.24, 2.45) is 5.73 Å². The Balaban J connectivity index is 1.78. The Morgan fingerprint density at radius 1 is 1.07 bits per heavy atom. The number of nitrogens with zero attached hydrogens (tertiary/aromatic N) is 2. The lowest BCUT2D eigenvalue weighted by Gasteiger charge is -2.17. The summed E-state index contributed by atoms with van der Waals surface area (Å²) in [7, 11) is 1.37. The number of alkyl halides is 3. The Hall–Kier alpha value is -4.09. The van der Waals surface area contributed by atoms with Gasteiger partial charge < -0.3 is 20.3 Å². The van der Waals surface area contributed by atoms with Crippen molar-refractivity contribution in [1.29, 1.82) is 0 Å². The van der Waals surface area contributed by atoms with E-state index in [4.69, 9.17) is 38.2 Å². The number of hydrogen-bond acceptors (Lipinski definition) is 6. The fraction of sp³-hybridized carbons (Fsp3) is 0.214. The van der Waals surface area contributed by atoms with Crippen LogP contribution in [0.25, 0.3) is 22.4 Å². The molecule has 2 aromatic carbocycles. The Labute approximate surface area is 242 Å². The largest absolute Gasteiger partial charge is 0.473 e. The summed E-state index contributed by atoms with van der Waals surface area (Å²) >= 11 is 12.7. The zero-order chi connectivity index (χ0) is 30.1. The SMILES string of the molecule is CNC(=O)c1ccc(C(N)=O)c(-c2ccc(OCc3c(-c4c(Cl)cccc4Cl)noc3C(C)C)nc2C(F)(F)F)c1. The molecule has 0 aliphatic heterocycles. The number of amides is 2. The van der Waals surface area contributed by atoms with Crippen LogP contribution < -0.4 is 15.8 Å². The van der Waals surface area contributed by atoms with E-state index in [1.807, 2.05) is 13.8 Å². The number of rotatable bonds is 8. The van der Waals surface area contributed by atoms with Crippen LogP contribution in [0.4, 0.5) is 13.2 Å². The van der Waals surface area contributed by atoms with Crippen molar-refractivity contribution >= 4 is 35.0 Å². The van der Waals surface area contributed by atoms with Gasteiger partial charge in [0.1, 0.15) is 18.1 Å². The molecule has 214 valence electrons. The van der Waals surface area contributed by atoms with E-state index in [1.54, 1.807) is 18.2 Å². The molecule has 0 bridgehead atoms. The van der Waals surface area contributed by atoms with Crippen LogP contribution in [0.15, 0.2) is 53.1 Å². The van der Waals surface area contributed by atoms with Crippen molar-refractivity contribution in [1.82, 2.24) is 15.5 Å². The average Bonchev–Trinajstić information content (AvgIpc) is 3.34. The van der Waals surface area contributed by atoms with Crippen LogP contribution >= 0.6 is 23.2 Å². The summed E-state index contributed by atoms with van der Waals surface area (Å²) in [6, 6.07) is 10.8. The van der Waals surface area contributed by atoms with Crippen molar-refractivity contribution in [3.05, 3.63) is 86.7 Å². The highest BCUT2D eigenvalue weighted by atomic mass is 35.5. The minimum atomic E-state index is -4.96. The van der Waals surface area contributed by atoms with Crippen molar-refractivity contribution in [2.75, 3.05) is 7.05 Å². The standard InChI is InChI=1S/C28H23Cl2F3N4O4/c1-13(2)24-18(23(37-41-24)22-19(29)5-4-6-20(22)30)12-40-21-10-9-15(25(36-21)28(31,32)33)17-11-14(27(39)35-3)7-8-16(17)26(34)38/h4-11,13H,12H2,1-3H3,(H2,34,38)(H,35,39). The Bertz CT molecular complexity index is 1620. The molecule has 13 heteroatoms. The highest BCUT2D eigenvalue weighted by molar-refractivity contribution is 6.39. The van der Waals surface area contributed by atoms with Gasteiger partial charge >= 0.3 is 6.18 Å². The third kappa shape index (κ3) is 6.15. The lowest BCUT2D eigenvalue weighted by molar-refractivity contribution is -0.140. The molecule has 0 atom stereocenters. The number of ether oxygens (including phenoxy) is 1. The van der Waals surface area contributed by atoms with E-state index < -0.39 is 29.2 Å². The summed E-state index contributed by atoms with van der Waals surface area (Å²) in [5.74, 6) is -1.63. The smallest absolute Gasteiger partial charge is 0.434 e. The first-order chi connectivity index (χ1) is 19.3. The molecule has 0 spiro atoms. The minimum Gasteiger partial charge on any atom is -0.473 e. The lowest BCUT2D eigenvalue weighted by Crippen LogP contribution is -2.20. The van der Waals surface area contributed by atoms with Crippen LogP contribution in [0.3, 0.4) is 0 Å². The number of halogens is 5. The number of hydrogen-bond donors (Lipinski definition) is 2. The molecule has 0 radical (unpaired) electrons. The van der Waals surface area contributed by atoms with Crippen LogP contribution in [0.1, 0.15) is 57.5 Å². The van der Waals surface area contributed by atoms with Crippen LogP contribution in [0.5, 0.6) is 5.88 Å². The number of nitrogens with two attached hydrogens (primary N) is 1. The number of pyridine rings is 1. The molecular weight excluding hydrogens is 584 g/mol. The fourth-order valence-electron chi connectivity index (χ4n) is 4.20. The molecule has 3 N–H and O–H groups in total. The van der Waals surface area contributed by atoms with Crippen molar-refractivity contribution in [2.45, 2.75) is 32.5 Å². The monoisotopic (exact) mass is 606 g/mol. The normalized spacial score (nSPS) is 11.5. The number of carbonyl (C=O) groups excluding carboxylic acids is 2. The number of aromatic nitrogens is 2. The van der Waals surface area contributed by atoms with Gasteiger partial charge in [-0.05, 0) is 42.0 Å². The van der Waals surface area contributed by atoms with E-state index in [2.05, 4.69) is 15.5 Å². The summed E-state index contributed by atoms with van der Waals surface area (Å²) < 4.78 is 54.0. The molecule has 2 heterocycles. The van der Waals surface area contributed by atoms with Crippen molar-refractivity contribution < 1.29 is 32.0 Å². The highest BCUT2D eigenvalue weighted by Gasteiger charge is 2.37. The second-order valence-electron chi connectivity index (χ2n) is 9.16. The molecule has 0 aliphatic carbocycles. The van der Waals surface area contributed by atoms with Crippen LogP contribution in [0, 0.1) is 0 Å². The number of benzene rings is 2. The predicted octanol–water partition coefficient (Wildman–Crippen LogP) is 6.89. The molecule has 2 aromatic heterocycles. The molecule has 0 unspecified atom stereocenters. The number of carbonyl (C=O) groups is 2. The second kappa shape index (κ2) is 11.8. The highest BCUT2D eigenvalue weighted by Crippen LogP contribution is 2.41. The Kier molecular flexibility index (Phi) is 8.60. The maximum absolute atomic E-state index is 14.3. The zero-order valence-corrected chi connectivity index (χ0v) is 23.4. The van der Waals surface area contributed by atoms with Gasteiger partial charge in [-0.2, -0.15) is 13.2 Å². The van der Waals surface area contributed by atoms with Gasteiger partial charge in [0.05, 0.1) is 15.6 Å². The quantitative estimate of drug-likeness (QED) is 0.225. The Morgan fingerprint density at radius 3 is 2.34 bits per heavy atom. The molecule has 41 heavy (non-hydrogen) atoms. The van der Waals surface area contributed by atoms with Gasteiger partial charge in [0.15, 0.2) is 5.69 Å². The summed E-state index contributed by atoms with van der Waals surface area (Å²) in [5, 5.41) is 7.09. The van der Waals surface area contributed by atoms with E-state index in [9.17, 15) is 22.8 Å². The van der Waals surface area contributed by atoms with Crippen molar-refractivity contribution in [3.63, 3.8) is 0 Å². The van der Waals surface area contributed by atoms with E-state index in [0.29, 0.717) is 26.9 Å². The molecule has 0 saturated carbocycles. The molecule has 8 nitrogen and oxygen atoms in total. The Morgan fingerprint density at radius 2 is 1.76 bits per heavy atom. The molecule has 0 fully saturated rings. The first-order valence-corrected chi connectivity index (χ1v) is 12.9. The average molecular weight is 607 g/mol. The summed E-state index contributed by atoms with van der Waals surface area (Å²) in [6.45, 7) is 3.43.